The molecular formula is C14H14N2O5. The van der Waals surface area contributed by atoms with Crippen molar-refractivity contribution >= 4 is 23.8 Å². The molecule has 0 bridgehead atoms. The maximum Gasteiger partial charge on any atom is 0.337 e. The molecule has 0 N–H and O–H groups in total. The lowest BCUT2D eigenvalue weighted by Gasteiger charge is -2.14. The normalized spacial score (nSPS) is 14.9. The molecule has 2 rings (SSSR count). The number of urea groups is 1. The van der Waals surface area contributed by atoms with E-state index in [9.17, 15) is 19.2 Å². The van der Waals surface area contributed by atoms with Gasteiger partial charge in [-0.15, -0.1) is 0 Å². The predicted octanol–water partition coefficient (Wildman–Crippen LogP) is 0.784. The van der Waals surface area contributed by atoms with E-state index in [0.29, 0.717) is 11.1 Å². The standard InChI is InChI=1S/C14H14N2O5/c1-3-15-11(17)12(18)16(14(15)20)8-9-4-6-10(7-5-9)13(19)21-2/h4-7H,3,8H2,1-2H3. The van der Waals surface area contributed by atoms with Crippen LogP contribution in [0.15, 0.2) is 24.3 Å². The summed E-state index contributed by atoms with van der Waals surface area (Å²) in [6.45, 7) is 1.76. The van der Waals surface area contributed by atoms with E-state index < -0.39 is 23.8 Å². The molecule has 0 unspecified atom stereocenters. The fraction of sp³-hybridized carbons (Fsp3) is 0.286. The third kappa shape index (κ3) is 2.62. The first-order valence-electron chi connectivity index (χ1n) is 6.34. The Labute approximate surface area is 121 Å². The van der Waals surface area contributed by atoms with E-state index in [1.807, 2.05) is 0 Å². The lowest BCUT2D eigenvalue weighted by Crippen LogP contribution is -2.32. The zero-order valence-corrected chi connectivity index (χ0v) is 11.7. The predicted molar refractivity (Wildman–Crippen MR) is 71.1 cm³/mol. The minimum Gasteiger partial charge on any atom is -0.465 e. The summed E-state index contributed by atoms with van der Waals surface area (Å²) >= 11 is 0. The van der Waals surface area contributed by atoms with Crippen molar-refractivity contribution in [1.29, 1.82) is 0 Å². The van der Waals surface area contributed by atoms with E-state index in [0.717, 1.165) is 9.80 Å². The Balaban J connectivity index is 2.15. The molecule has 7 heteroatoms. The molecule has 1 heterocycles. The Morgan fingerprint density at radius 1 is 1.05 bits per heavy atom. The van der Waals surface area contributed by atoms with Crippen LogP contribution in [0.25, 0.3) is 0 Å². The summed E-state index contributed by atoms with van der Waals surface area (Å²) in [6, 6.07) is 5.65. The fourth-order valence-corrected chi connectivity index (χ4v) is 2.02. The number of amides is 4. The molecular weight excluding hydrogens is 276 g/mol. The average molecular weight is 290 g/mol. The van der Waals surface area contributed by atoms with Gasteiger partial charge in [0.25, 0.3) is 0 Å². The van der Waals surface area contributed by atoms with Crippen molar-refractivity contribution in [2.45, 2.75) is 13.5 Å². The molecule has 1 saturated heterocycles. The maximum atomic E-state index is 11.9. The van der Waals surface area contributed by atoms with Gasteiger partial charge in [-0.05, 0) is 24.6 Å². The molecule has 110 valence electrons. The molecule has 1 aliphatic heterocycles. The molecule has 7 nitrogen and oxygen atoms in total. The summed E-state index contributed by atoms with van der Waals surface area (Å²) in [5.74, 6) is -2.12. The highest BCUT2D eigenvalue weighted by molar-refractivity contribution is 6.44. The topological polar surface area (TPSA) is 84.0 Å². The molecule has 0 spiro atoms. The van der Waals surface area contributed by atoms with Gasteiger partial charge in [-0.2, -0.15) is 0 Å². The third-order valence-electron chi connectivity index (χ3n) is 3.17. The highest BCUT2D eigenvalue weighted by Crippen LogP contribution is 2.16. The van der Waals surface area contributed by atoms with Crippen molar-refractivity contribution in [3.63, 3.8) is 0 Å². The van der Waals surface area contributed by atoms with Crippen molar-refractivity contribution in [3.8, 4) is 0 Å². The van der Waals surface area contributed by atoms with Crippen molar-refractivity contribution in [2.24, 2.45) is 0 Å². The molecule has 4 amide bonds. The van der Waals surface area contributed by atoms with Crippen molar-refractivity contribution in [1.82, 2.24) is 9.80 Å². The second-order valence-corrected chi connectivity index (χ2v) is 4.41. The van der Waals surface area contributed by atoms with E-state index in [-0.39, 0.29) is 13.1 Å². The van der Waals surface area contributed by atoms with Crippen LogP contribution in [0, 0.1) is 0 Å². The van der Waals surface area contributed by atoms with Crippen LogP contribution >= 0.6 is 0 Å². The number of ether oxygens (including phenoxy) is 1. The lowest BCUT2D eigenvalue weighted by atomic mass is 10.1. The van der Waals surface area contributed by atoms with E-state index in [2.05, 4.69) is 4.74 Å². The van der Waals surface area contributed by atoms with Crippen molar-refractivity contribution < 1.29 is 23.9 Å². The van der Waals surface area contributed by atoms with E-state index >= 15 is 0 Å². The number of rotatable bonds is 4. The molecule has 1 fully saturated rings. The van der Waals surface area contributed by atoms with E-state index in [4.69, 9.17) is 0 Å². The molecule has 0 atom stereocenters. The van der Waals surface area contributed by atoms with Crippen LogP contribution in [0.4, 0.5) is 4.79 Å². The van der Waals surface area contributed by atoms with Gasteiger partial charge in [0.05, 0.1) is 19.2 Å². The highest BCUT2D eigenvalue weighted by atomic mass is 16.5. The first-order chi connectivity index (χ1) is 9.99. The third-order valence-corrected chi connectivity index (χ3v) is 3.17. The van der Waals surface area contributed by atoms with Gasteiger partial charge >= 0.3 is 23.8 Å². The number of methoxy groups -OCH3 is 1. The van der Waals surface area contributed by atoms with Crippen LogP contribution < -0.4 is 0 Å². The van der Waals surface area contributed by atoms with Crippen molar-refractivity contribution in [3.05, 3.63) is 35.4 Å². The largest absolute Gasteiger partial charge is 0.465 e. The van der Waals surface area contributed by atoms with Gasteiger partial charge in [-0.1, -0.05) is 12.1 Å². The summed E-state index contributed by atoms with van der Waals surface area (Å²) in [6.07, 6.45) is 0. The number of likely N-dealkylation sites (N-methyl/N-ethyl adjacent to an activating group) is 1. The minimum atomic E-state index is -0.834. The van der Waals surface area contributed by atoms with Gasteiger partial charge in [0.2, 0.25) is 0 Å². The number of hydrogen-bond acceptors (Lipinski definition) is 5. The van der Waals surface area contributed by atoms with Crippen LogP contribution in [0.1, 0.15) is 22.8 Å². The number of carbonyl (C=O) groups is 4. The monoisotopic (exact) mass is 290 g/mol. The first kappa shape index (κ1) is 14.7. The number of hydrogen-bond donors (Lipinski definition) is 0. The molecule has 0 aromatic heterocycles. The molecule has 0 saturated carbocycles. The van der Waals surface area contributed by atoms with E-state index in [1.165, 1.54) is 19.2 Å². The summed E-state index contributed by atoms with van der Waals surface area (Å²) in [5.41, 5.74) is 1.00. The number of benzene rings is 1. The van der Waals surface area contributed by atoms with Crippen LogP contribution in [0.3, 0.4) is 0 Å². The second-order valence-electron chi connectivity index (χ2n) is 4.41. The number of nitrogens with zero attached hydrogens (tertiary/aromatic N) is 2. The molecule has 1 aromatic rings. The zero-order valence-electron chi connectivity index (χ0n) is 11.7. The molecule has 0 aliphatic carbocycles. The van der Waals surface area contributed by atoms with Crippen LogP contribution in [0.2, 0.25) is 0 Å². The maximum absolute atomic E-state index is 11.9. The van der Waals surface area contributed by atoms with Crippen LogP contribution in [-0.4, -0.2) is 47.3 Å². The Morgan fingerprint density at radius 3 is 2.10 bits per heavy atom. The summed E-state index contributed by atoms with van der Waals surface area (Å²) < 4.78 is 4.58. The Hall–Kier alpha value is -2.70. The second kappa shape index (κ2) is 5.74. The van der Waals surface area contributed by atoms with Gasteiger partial charge in [-0.25, -0.2) is 9.59 Å². The van der Waals surface area contributed by atoms with Crippen molar-refractivity contribution in [2.75, 3.05) is 13.7 Å². The van der Waals surface area contributed by atoms with Gasteiger partial charge in [0.15, 0.2) is 0 Å². The fourth-order valence-electron chi connectivity index (χ4n) is 2.02. The van der Waals surface area contributed by atoms with Gasteiger partial charge < -0.3 is 4.74 Å². The quantitative estimate of drug-likeness (QED) is 0.465. The SMILES string of the molecule is CCN1C(=O)C(=O)N(Cc2ccc(C(=O)OC)cc2)C1=O. The zero-order chi connectivity index (χ0) is 15.6. The molecule has 21 heavy (non-hydrogen) atoms. The Kier molecular flexibility index (Phi) is 4.02. The molecule has 0 radical (unpaired) electrons. The Morgan fingerprint density at radius 2 is 1.62 bits per heavy atom. The van der Waals surface area contributed by atoms with Crippen LogP contribution in [-0.2, 0) is 20.9 Å². The van der Waals surface area contributed by atoms with Crippen LogP contribution in [0.5, 0.6) is 0 Å². The summed E-state index contributed by atoms with van der Waals surface area (Å²) in [7, 11) is 1.28. The summed E-state index contributed by atoms with van der Waals surface area (Å²) in [4.78, 5) is 48.3. The highest BCUT2D eigenvalue weighted by Gasteiger charge is 2.43. The first-order valence-corrected chi connectivity index (χ1v) is 6.34. The lowest BCUT2D eigenvalue weighted by molar-refractivity contribution is -0.143. The van der Waals surface area contributed by atoms with Gasteiger partial charge in [-0.3, -0.25) is 19.4 Å². The molecule has 1 aromatic carbocycles. The minimum absolute atomic E-state index is 0.0125. The van der Waals surface area contributed by atoms with E-state index in [1.54, 1.807) is 19.1 Å². The number of esters is 1. The number of carbonyl (C=O) groups excluding carboxylic acids is 4. The van der Waals surface area contributed by atoms with Gasteiger partial charge in [0.1, 0.15) is 0 Å². The summed E-state index contributed by atoms with van der Waals surface area (Å²) in [5, 5.41) is 0. The van der Waals surface area contributed by atoms with Gasteiger partial charge in [0, 0.05) is 6.54 Å². The molecule has 1 aliphatic rings. The Bertz CT molecular complexity index is 608. The smallest absolute Gasteiger partial charge is 0.337 e. The number of imide groups is 2. The average Bonchev–Trinajstić information content (AvgIpc) is 2.70.